The lowest BCUT2D eigenvalue weighted by atomic mass is 10.3. The van der Waals surface area contributed by atoms with Gasteiger partial charge in [-0.05, 0) is 26.3 Å². The fraction of sp³-hybridized carbons (Fsp3) is 0.714. The Morgan fingerprint density at radius 1 is 1.40 bits per heavy atom. The maximum absolute atomic E-state index is 11.5. The van der Waals surface area contributed by atoms with Crippen LogP contribution >= 0.6 is 11.3 Å². The molecule has 1 aromatic rings. The second kappa shape index (κ2) is 5.38. The van der Waals surface area contributed by atoms with E-state index in [-0.39, 0.29) is 5.75 Å². The fourth-order valence-corrected chi connectivity index (χ4v) is 2.94. The standard InChI is InChI=1S/C7H14N4O2S2/c1-6-9-10-7(14-6)11-15(12,13)5-3-2-4-8/h2-5,8H2,1H3,(H,10,11). The van der Waals surface area contributed by atoms with Gasteiger partial charge in [-0.1, -0.05) is 11.3 Å². The number of hydrogen-bond acceptors (Lipinski definition) is 6. The average molecular weight is 250 g/mol. The molecule has 1 aromatic heterocycles. The molecule has 0 saturated carbocycles. The molecule has 0 fully saturated rings. The number of aryl methyl sites for hydroxylation is 1. The van der Waals surface area contributed by atoms with Gasteiger partial charge in [0, 0.05) is 0 Å². The van der Waals surface area contributed by atoms with Crippen LogP contribution in [0.15, 0.2) is 0 Å². The number of sulfonamides is 1. The van der Waals surface area contributed by atoms with Crippen molar-refractivity contribution >= 4 is 26.5 Å². The van der Waals surface area contributed by atoms with Gasteiger partial charge >= 0.3 is 0 Å². The van der Waals surface area contributed by atoms with Gasteiger partial charge in [-0.25, -0.2) is 8.42 Å². The third-order valence-electron chi connectivity index (χ3n) is 1.64. The summed E-state index contributed by atoms with van der Waals surface area (Å²) < 4.78 is 25.3. The van der Waals surface area contributed by atoms with Gasteiger partial charge in [0.2, 0.25) is 15.2 Å². The van der Waals surface area contributed by atoms with E-state index in [9.17, 15) is 8.42 Å². The molecule has 0 saturated heterocycles. The van der Waals surface area contributed by atoms with Gasteiger partial charge < -0.3 is 5.73 Å². The smallest absolute Gasteiger partial charge is 0.234 e. The molecule has 15 heavy (non-hydrogen) atoms. The number of anilines is 1. The van der Waals surface area contributed by atoms with E-state index in [0.29, 0.717) is 24.5 Å². The van der Waals surface area contributed by atoms with Crippen LogP contribution in [0.5, 0.6) is 0 Å². The van der Waals surface area contributed by atoms with Gasteiger partial charge in [0.25, 0.3) is 0 Å². The minimum atomic E-state index is -3.29. The van der Waals surface area contributed by atoms with Crippen LogP contribution in [0, 0.1) is 6.92 Å². The molecule has 0 radical (unpaired) electrons. The molecule has 0 amide bonds. The number of hydrogen-bond donors (Lipinski definition) is 2. The molecule has 3 N–H and O–H groups in total. The van der Waals surface area contributed by atoms with E-state index >= 15 is 0 Å². The zero-order valence-electron chi connectivity index (χ0n) is 8.43. The average Bonchev–Trinajstić information content (AvgIpc) is 2.50. The summed E-state index contributed by atoms with van der Waals surface area (Å²) in [5, 5.41) is 8.45. The molecule has 1 heterocycles. The minimum absolute atomic E-state index is 0.0722. The summed E-state index contributed by atoms with van der Waals surface area (Å²) in [5.41, 5.74) is 5.28. The molecule has 0 aliphatic rings. The third kappa shape index (κ3) is 4.54. The first-order chi connectivity index (χ1) is 7.03. The second-order valence-electron chi connectivity index (χ2n) is 3.04. The zero-order valence-corrected chi connectivity index (χ0v) is 10.1. The lowest BCUT2D eigenvalue weighted by Gasteiger charge is -2.03. The molecule has 0 atom stereocenters. The Labute approximate surface area is 93.0 Å². The normalized spacial score (nSPS) is 11.6. The van der Waals surface area contributed by atoms with Gasteiger partial charge in [0.1, 0.15) is 5.01 Å². The number of nitrogens with two attached hydrogens (primary N) is 1. The molecule has 1 rings (SSSR count). The highest BCUT2D eigenvalue weighted by Gasteiger charge is 2.12. The van der Waals surface area contributed by atoms with Crippen LogP contribution in [0.1, 0.15) is 17.8 Å². The van der Waals surface area contributed by atoms with Crippen LogP contribution in [-0.2, 0) is 10.0 Å². The molecule has 0 bridgehead atoms. The third-order valence-corrected chi connectivity index (χ3v) is 3.85. The van der Waals surface area contributed by atoms with E-state index < -0.39 is 10.0 Å². The van der Waals surface area contributed by atoms with Crippen LogP contribution in [0.4, 0.5) is 5.13 Å². The topological polar surface area (TPSA) is 98.0 Å². The maximum Gasteiger partial charge on any atom is 0.234 e. The van der Waals surface area contributed by atoms with E-state index in [1.165, 1.54) is 11.3 Å². The van der Waals surface area contributed by atoms with E-state index in [2.05, 4.69) is 14.9 Å². The monoisotopic (exact) mass is 250 g/mol. The van der Waals surface area contributed by atoms with Crippen LogP contribution in [-0.4, -0.2) is 30.9 Å². The summed E-state index contributed by atoms with van der Waals surface area (Å²) in [6.45, 7) is 2.28. The van der Waals surface area contributed by atoms with Gasteiger partial charge in [-0.2, -0.15) is 0 Å². The summed E-state index contributed by atoms with van der Waals surface area (Å²) >= 11 is 1.22. The van der Waals surface area contributed by atoms with Crippen molar-refractivity contribution in [3.63, 3.8) is 0 Å². The Morgan fingerprint density at radius 3 is 2.67 bits per heavy atom. The van der Waals surface area contributed by atoms with Crippen molar-refractivity contribution in [1.82, 2.24) is 10.2 Å². The summed E-state index contributed by atoms with van der Waals surface area (Å²) in [4.78, 5) is 0. The lowest BCUT2D eigenvalue weighted by molar-refractivity contribution is 0.597. The van der Waals surface area contributed by atoms with Crippen LogP contribution < -0.4 is 10.5 Å². The Bertz CT molecular complexity index is 401. The van der Waals surface area contributed by atoms with Crippen LogP contribution in [0.2, 0.25) is 0 Å². The Morgan fingerprint density at radius 2 is 2.13 bits per heavy atom. The molecule has 0 aromatic carbocycles. The van der Waals surface area contributed by atoms with Crippen molar-refractivity contribution in [1.29, 1.82) is 0 Å². The molecule has 0 spiro atoms. The Kier molecular flexibility index (Phi) is 4.43. The first-order valence-corrected chi connectivity index (χ1v) is 7.01. The number of nitrogens with one attached hydrogen (secondary N) is 1. The van der Waals surface area contributed by atoms with Gasteiger partial charge in [0.05, 0.1) is 5.75 Å². The molecule has 86 valence electrons. The Hall–Kier alpha value is -0.730. The predicted octanol–water partition coefficient (Wildman–Crippen LogP) is 0.327. The van der Waals surface area contributed by atoms with E-state index in [0.717, 1.165) is 5.01 Å². The zero-order chi connectivity index (χ0) is 11.3. The van der Waals surface area contributed by atoms with Crippen molar-refractivity contribution in [3.8, 4) is 0 Å². The van der Waals surface area contributed by atoms with Crippen molar-refractivity contribution in [3.05, 3.63) is 5.01 Å². The number of rotatable bonds is 6. The van der Waals surface area contributed by atoms with Crippen molar-refractivity contribution in [2.75, 3.05) is 17.0 Å². The van der Waals surface area contributed by atoms with Crippen molar-refractivity contribution < 1.29 is 8.42 Å². The highest BCUT2D eigenvalue weighted by atomic mass is 32.2. The van der Waals surface area contributed by atoms with Gasteiger partial charge in [-0.15, -0.1) is 10.2 Å². The molecule has 8 heteroatoms. The number of unbranched alkanes of at least 4 members (excludes halogenated alkanes) is 1. The summed E-state index contributed by atoms with van der Waals surface area (Å²) in [5.74, 6) is 0.0722. The first-order valence-electron chi connectivity index (χ1n) is 4.54. The van der Waals surface area contributed by atoms with Crippen LogP contribution in [0.3, 0.4) is 0 Å². The van der Waals surface area contributed by atoms with E-state index in [1.54, 1.807) is 6.92 Å². The molecular formula is C7H14N4O2S2. The summed E-state index contributed by atoms with van der Waals surface area (Å²) in [6.07, 6.45) is 1.26. The van der Waals surface area contributed by atoms with Crippen LogP contribution in [0.25, 0.3) is 0 Å². The summed E-state index contributed by atoms with van der Waals surface area (Å²) in [7, 11) is -3.29. The lowest BCUT2D eigenvalue weighted by Crippen LogP contribution is -2.17. The SMILES string of the molecule is Cc1nnc(NS(=O)(=O)CCCCN)s1. The molecule has 0 aliphatic carbocycles. The van der Waals surface area contributed by atoms with Gasteiger partial charge in [0.15, 0.2) is 0 Å². The quantitative estimate of drug-likeness (QED) is 0.709. The minimum Gasteiger partial charge on any atom is -0.330 e. The highest BCUT2D eigenvalue weighted by Crippen LogP contribution is 2.15. The fourth-order valence-electron chi connectivity index (χ4n) is 0.958. The number of aromatic nitrogens is 2. The predicted molar refractivity (Wildman–Crippen MR) is 60.3 cm³/mol. The molecule has 0 aliphatic heterocycles. The van der Waals surface area contributed by atoms with E-state index in [4.69, 9.17) is 5.73 Å². The highest BCUT2D eigenvalue weighted by molar-refractivity contribution is 7.92. The Balaban J connectivity index is 2.49. The summed E-state index contributed by atoms with van der Waals surface area (Å²) in [6, 6.07) is 0. The maximum atomic E-state index is 11.5. The first kappa shape index (κ1) is 12.3. The van der Waals surface area contributed by atoms with Gasteiger partial charge in [-0.3, -0.25) is 4.72 Å². The van der Waals surface area contributed by atoms with E-state index in [1.807, 2.05) is 0 Å². The molecule has 0 unspecified atom stereocenters. The number of nitrogens with zero attached hydrogens (tertiary/aromatic N) is 2. The second-order valence-corrected chi connectivity index (χ2v) is 6.07. The van der Waals surface area contributed by atoms with Crippen molar-refractivity contribution in [2.45, 2.75) is 19.8 Å². The molecular weight excluding hydrogens is 236 g/mol. The van der Waals surface area contributed by atoms with Crippen molar-refractivity contribution in [2.24, 2.45) is 5.73 Å². The molecule has 6 nitrogen and oxygen atoms in total. The largest absolute Gasteiger partial charge is 0.330 e.